The molecule has 0 unspecified atom stereocenters. The number of primary amides is 1. The highest BCUT2D eigenvalue weighted by atomic mass is 19.1. The van der Waals surface area contributed by atoms with Gasteiger partial charge in [-0.25, -0.2) is 4.39 Å². The summed E-state index contributed by atoms with van der Waals surface area (Å²) in [6.45, 7) is 5.62. The summed E-state index contributed by atoms with van der Waals surface area (Å²) >= 11 is 0. The molecule has 2 aromatic carbocycles. The molecule has 0 aliphatic carbocycles. The van der Waals surface area contributed by atoms with Crippen molar-refractivity contribution in [1.29, 1.82) is 0 Å². The lowest BCUT2D eigenvalue weighted by atomic mass is 9.95. The van der Waals surface area contributed by atoms with E-state index in [0.717, 1.165) is 23.1 Å². The van der Waals surface area contributed by atoms with E-state index in [1.165, 1.54) is 24.3 Å². The maximum atomic E-state index is 13.2. The van der Waals surface area contributed by atoms with E-state index in [1.807, 2.05) is 20.8 Å². The number of aromatic hydroxyl groups is 1. The fourth-order valence-corrected chi connectivity index (χ4v) is 3.91. The summed E-state index contributed by atoms with van der Waals surface area (Å²) in [4.78, 5) is 37.8. The zero-order valence-electron chi connectivity index (χ0n) is 20.4. The Kier molecular flexibility index (Phi) is 10.2. The molecular weight excluding hydrogens is 451 g/mol. The highest BCUT2D eigenvalue weighted by Crippen LogP contribution is 2.22. The molecule has 0 aliphatic heterocycles. The van der Waals surface area contributed by atoms with Crippen LogP contribution in [0.1, 0.15) is 48.4 Å². The summed E-state index contributed by atoms with van der Waals surface area (Å²) in [5.74, 6) is -2.05. The second kappa shape index (κ2) is 12.9. The summed E-state index contributed by atoms with van der Waals surface area (Å²) in [6.07, 6.45) is 2.16. The molecule has 0 aromatic heterocycles. The molecule has 0 radical (unpaired) electrons. The summed E-state index contributed by atoms with van der Waals surface area (Å²) in [5.41, 5.74) is 14.8. The summed E-state index contributed by atoms with van der Waals surface area (Å²) in [5, 5.41) is 15.1. The molecule has 9 heteroatoms. The van der Waals surface area contributed by atoms with Crippen molar-refractivity contribution in [2.75, 3.05) is 0 Å². The van der Waals surface area contributed by atoms with Crippen LogP contribution in [0.25, 0.3) is 0 Å². The molecule has 8 nitrogen and oxygen atoms in total. The van der Waals surface area contributed by atoms with Gasteiger partial charge in [-0.05, 0) is 73.2 Å². The van der Waals surface area contributed by atoms with Gasteiger partial charge < -0.3 is 27.2 Å². The molecular formula is C26H35FN4O4. The molecule has 0 saturated heterocycles. The second-order valence-electron chi connectivity index (χ2n) is 8.87. The number of halogens is 1. The van der Waals surface area contributed by atoms with Gasteiger partial charge in [0.15, 0.2) is 0 Å². The SMILES string of the molecule is CCCC[C@@H](NC(=O)[C@@H](N)Cc1c(C)cc(O)cc1C)C(=O)N[C@@H](Cc1ccc(F)cc1)C(N)=O. The van der Waals surface area contributed by atoms with Crippen molar-refractivity contribution in [2.45, 2.75) is 71.0 Å². The molecule has 7 N–H and O–H groups in total. The van der Waals surface area contributed by atoms with Crippen LogP contribution in [0.4, 0.5) is 4.39 Å². The molecule has 3 atom stereocenters. The lowest BCUT2D eigenvalue weighted by Crippen LogP contribution is -2.56. The fraction of sp³-hybridized carbons (Fsp3) is 0.423. The van der Waals surface area contributed by atoms with E-state index >= 15 is 0 Å². The van der Waals surface area contributed by atoms with Crippen molar-refractivity contribution in [1.82, 2.24) is 10.6 Å². The summed E-state index contributed by atoms with van der Waals surface area (Å²) < 4.78 is 13.2. The van der Waals surface area contributed by atoms with Crippen LogP contribution in [-0.2, 0) is 27.2 Å². The van der Waals surface area contributed by atoms with Crippen molar-refractivity contribution < 1.29 is 23.9 Å². The first kappa shape index (κ1) is 27.8. The average Bonchev–Trinajstić information content (AvgIpc) is 2.79. The largest absolute Gasteiger partial charge is 0.508 e. The number of aryl methyl sites for hydroxylation is 2. The van der Waals surface area contributed by atoms with Crippen molar-refractivity contribution in [3.8, 4) is 5.75 Å². The van der Waals surface area contributed by atoms with Gasteiger partial charge >= 0.3 is 0 Å². The van der Waals surface area contributed by atoms with Crippen LogP contribution in [0.3, 0.4) is 0 Å². The number of carbonyl (C=O) groups is 3. The highest BCUT2D eigenvalue weighted by Gasteiger charge is 2.27. The summed E-state index contributed by atoms with van der Waals surface area (Å²) in [6, 6.07) is 5.93. The second-order valence-corrected chi connectivity index (χ2v) is 8.87. The Bertz CT molecular complexity index is 1020. The van der Waals surface area contributed by atoms with Crippen LogP contribution in [0.2, 0.25) is 0 Å². The Morgan fingerprint density at radius 1 is 0.971 bits per heavy atom. The summed E-state index contributed by atoms with van der Waals surface area (Å²) in [7, 11) is 0. The third-order valence-corrected chi connectivity index (χ3v) is 5.93. The van der Waals surface area contributed by atoms with Crippen molar-refractivity contribution in [2.24, 2.45) is 11.5 Å². The predicted octanol–water partition coefficient (Wildman–Crippen LogP) is 1.91. The minimum Gasteiger partial charge on any atom is -0.508 e. The van der Waals surface area contributed by atoms with E-state index in [0.29, 0.717) is 18.4 Å². The number of benzene rings is 2. The molecule has 35 heavy (non-hydrogen) atoms. The van der Waals surface area contributed by atoms with Crippen molar-refractivity contribution in [3.05, 3.63) is 64.5 Å². The molecule has 0 saturated carbocycles. The van der Waals surface area contributed by atoms with E-state index in [9.17, 15) is 23.9 Å². The van der Waals surface area contributed by atoms with Gasteiger partial charge in [-0.1, -0.05) is 31.9 Å². The number of phenolic OH excluding ortho intramolecular Hbond substituents is 1. The number of unbranched alkanes of at least 4 members (excludes halogenated alkanes) is 1. The van der Waals surface area contributed by atoms with E-state index in [1.54, 1.807) is 12.1 Å². The molecule has 3 amide bonds. The Morgan fingerprint density at radius 2 is 1.54 bits per heavy atom. The Hall–Kier alpha value is -3.46. The van der Waals surface area contributed by atoms with Crippen molar-refractivity contribution >= 4 is 17.7 Å². The maximum Gasteiger partial charge on any atom is 0.243 e. The highest BCUT2D eigenvalue weighted by molar-refractivity contribution is 5.92. The van der Waals surface area contributed by atoms with Gasteiger partial charge in [0, 0.05) is 6.42 Å². The molecule has 0 spiro atoms. The van der Waals surface area contributed by atoms with Gasteiger partial charge in [-0.3, -0.25) is 14.4 Å². The lowest BCUT2D eigenvalue weighted by Gasteiger charge is -2.24. The van der Waals surface area contributed by atoms with Crippen LogP contribution < -0.4 is 22.1 Å². The van der Waals surface area contributed by atoms with Crippen LogP contribution in [0.5, 0.6) is 5.75 Å². The van der Waals surface area contributed by atoms with Gasteiger partial charge in [0.1, 0.15) is 23.7 Å². The third-order valence-electron chi connectivity index (χ3n) is 5.93. The molecule has 0 bridgehead atoms. The number of nitrogens with one attached hydrogen (secondary N) is 2. The fourth-order valence-electron chi connectivity index (χ4n) is 3.91. The Labute approximate surface area is 205 Å². The quantitative estimate of drug-likeness (QED) is 0.311. The standard InChI is InChI=1S/C26H35FN4O4/c1-4-5-6-22(26(35)31-23(24(29)33)13-17-7-9-18(27)10-8-17)30-25(34)21(28)14-20-15(2)11-19(32)12-16(20)3/h7-12,21-23,32H,4-6,13-14,28H2,1-3H3,(H2,29,33)(H,30,34)(H,31,35)/t21-,22+,23-/m0/s1. The molecule has 2 aromatic rings. The Balaban J connectivity index is 2.09. The molecule has 0 heterocycles. The lowest BCUT2D eigenvalue weighted by molar-refractivity contribution is -0.131. The number of phenols is 1. The minimum atomic E-state index is -1.02. The van der Waals surface area contributed by atoms with Crippen molar-refractivity contribution in [3.63, 3.8) is 0 Å². The minimum absolute atomic E-state index is 0.0920. The monoisotopic (exact) mass is 486 g/mol. The topological polar surface area (TPSA) is 148 Å². The first-order valence-corrected chi connectivity index (χ1v) is 11.7. The van der Waals surface area contributed by atoms with E-state index in [-0.39, 0.29) is 18.6 Å². The van der Waals surface area contributed by atoms with E-state index in [4.69, 9.17) is 11.5 Å². The third kappa shape index (κ3) is 8.36. The number of hydrogen-bond acceptors (Lipinski definition) is 5. The molecule has 190 valence electrons. The first-order chi connectivity index (χ1) is 16.5. The number of rotatable bonds is 12. The number of hydrogen-bond donors (Lipinski definition) is 5. The average molecular weight is 487 g/mol. The van der Waals surface area contributed by atoms with Crippen LogP contribution >= 0.6 is 0 Å². The van der Waals surface area contributed by atoms with Crippen LogP contribution in [0.15, 0.2) is 36.4 Å². The van der Waals surface area contributed by atoms with Crippen LogP contribution in [-0.4, -0.2) is 41.0 Å². The smallest absolute Gasteiger partial charge is 0.243 e. The van der Waals surface area contributed by atoms with Crippen LogP contribution in [0, 0.1) is 19.7 Å². The number of carbonyl (C=O) groups excluding carboxylic acids is 3. The normalized spacial score (nSPS) is 13.5. The zero-order chi connectivity index (χ0) is 26.1. The van der Waals surface area contributed by atoms with Gasteiger partial charge in [-0.2, -0.15) is 0 Å². The predicted molar refractivity (Wildman–Crippen MR) is 132 cm³/mol. The molecule has 0 aliphatic rings. The van der Waals surface area contributed by atoms with Gasteiger partial charge in [0.25, 0.3) is 0 Å². The zero-order valence-corrected chi connectivity index (χ0v) is 20.4. The number of amides is 3. The number of nitrogens with two attached hydrogens (primary N) is 2. The van der Waals surface area contributed by atoms with Gasteiger partial charge in [0.2, 0.25) is 17.7 Å². The van der Waals surface area contributed by atoms with E-state index < -0.39 is 41.7 Å². The van der Waals surface area contributed by atoms with Gasteiger partial charge in [-0.15, -0.1) is 0 Å². The van der Waals surface area contributed by atoms with E-state index in [2.05, 4.69) is 10.6 Å². The van der Waals surface area contributed by atoms with Gasteiger partial charge in [0.05, 0.1) is 6.04 Å². The first-order valence-electron chi connectivity index (χ1n) is 11.7. The molecule has 0 fully saturated rings. The Morgan fingerprint density at radius 3 is 2.09 bits per heavy atom. The molecule has 2 rings (SSSR count). The maximum absolute atomic E-state index is 13.2.